The zero-order chi connectivity index (χ0) is 12.3. The molecule has 0 radical (unpaired) electrons. The first kappa shape index (κ1) is 13.4. The minimum absolute atomic E-state index is 0.283. The van der Waals surface area contributed by atoms with Crippen molar-refractivity contribution in [2.75, 3.05) is 19.4 Å². The Bertz CT molecular complexity index is 329. The van der Waals surface area contributed by atoms with Gasteiger partial charge in [0.25, 0.3) is 0 Å². The molecule has 0 fully saturated rings. The molecule has 1 heterocycles. The summed E-state index contributed by atoms with van der Waals surface area (Å²) in [6.07, 6.45) is 0. The van der Waals surface area contributed by atoms with Gasteiger partial charge < -0.3 is 5.32 Å². The lowest BCUT2D eigenvalue weighted by Crippen LogP contribution is -2.38. The van der Waals surface area contributed by atoms with Crippen molar-refractivity contribution in [3.05, 3.63) is 5.01 Å². The highest BCUT2D eigenvalue weighted by Crippen LogP contribution is 2.25. The van der Waals surface area contributed by atoms with Crippen LogP contribution < -0.4 is 5.32 Å². The van der Waals surface area contributed by atoms with Crippen molar-refractivity contribution in [2.45, 2.75) is 40.3 Å². The third-order valence-corrected chi connectivity index (χ3v) is 3.91. The molecule has 0 aromatic carbocycles. The van der Waals surface area contributed by atoms with Gasteiger partial charge in [-0.3, -0.25) is 4.90 Å². The van der Waals surface area contributed by atoms with E-state index in [9.17, 15) is 0 Å². The van der Waals surface area contributed by atoms with Crippen LogP contribution in [0.5, 0.6) is 0 Å². The van der Waals surface area contributed by atoms with Crippen molar-refractivity contribution in [3.63, 3.8) is 0 Å². The molecule has 5 heteroatoms. The van der Waals surface area contributed by atoms with Crippen LogP contribution >= 0.6 is 11.3 Å². The van der Waals surface area contributed by atoms with Crippen LogP contribution in [0, 0.1) is 5.41 Å². The van der Waals surface area contributed by atoms with Crippen LogP contribution in [0.4, 0.5) is 5.13 Å². The molecular weight excluding hydrogens is 220 g/mol. The lowest BCUT2D eigenvalue weighted by Gasteiger charge is -2.34. The third kappa shape index (κ3) is 3.42. The Balaban J connectivity index is 2.60. The van der Waals surface area contributed by atoms with Crippen LogP contribution in [0.25, 0.3) is 0 Å². The largest absolute Gasteiger partial charge is 0.363 e. The van der Waals surface area contributed by atoms with Gasteiger partial charge in [-0.15, -0.1) is 10.2 Å². The molecule has 0 aliphatic rings. The molecule has 0 aliphatic heterocycles. The van der Waals surface area contributed by atoms with Crippen LogP contribution in [0.2, 0.25) is 0 Å². The first-order valence-electron chi connectivity index (χ1n) is 5.55. The quantitative estimate of drug-likeness (QED) is 0.880. The second-order valence-corrected chi connectivity index (χ2v) is 6.27. The zero-order valence-electron chi connectivity index (χ0n) is 11.0. The fourth-order valence-corrected chi connectivity index (χ4v) is 2.19. The van der Waals surface area contributed by atoms with E-state index in [1.807, 2.05) is 7.05 Å². The van der Waals surface area contributed by atoms with Crippen molar-refractivity contribution in [2.24, 2.45) is 5.41 Å². The van der Waals surface area contributed by atoms with Crippen LogP contribution in [-0.2, 0) is 6.54 Å². The fraction of sp³-hybridized carbons (Fsp3) is 0.818. The Hall–Kier alpha value is -0.680. The van der Waals surface area contributed by atoms with Crippen LogP contribution in [0.15, 0.2) is 0 Å². The van der Waals surface area contributed by atoms with E-state index in [0.717, 1.165) is 16.7 Å². The van der Waals surface area contributed by atoms with Gasteiger partial charge >= 0.3 is 0 Å². The van der Waals surface area contributed by atoms with Crippen LogP contribution in [0.1, 0.15) is 32.7 Å². The molecule has 0 spiro atoms. The van der Waals surface area contributed by atoms with Gasteiger partial charge in [-0.1, -0.05) is 32.1 Å². The average Bonchev–Trinajstić information content (AvgIpc) is 2.63. The van der Waals surface area contributed by atoms with E-state index in [2.05, 4.69) is 55.2 Å². The second-order valence-electron chi connectivity index (χ2n) is 5.21. The van der Waals surface area contributed by atoms with E-state index in [1.165, 1.54) is 0 Å². The van der Waals surface area contributed by atoms with Gasteiger partial charge in [-0.2, -0.15) is 0 Å². The van der Waals surface area contributed by atoms with Gasteiger partial charge in [0.1, 0.15) is 5.01 Å². The number of rotatable bonds is 4. The summed E-state index contributed by atoms with van der Waals surface area (Å²) >= 11 is 1.61. The van der Waals surface area contributed by atoms with Gasteiger partial charge in [0, 0.05) is 13.1 Å². The Labute approximate surface area is 102 Å². The molecule has 1 aromatic rings. The average molecular weight is 242 g/mol. The Morgan fingerprint density at radius 1 is 1.38 bits per heavy atom. The first-order valence-corrected chi connectivity index (χ1v) is 6.36. The highest BCUT2D eigenvalue weighted by molar-refractivity contribution is 7.15. The lowest BCUT2D eigenvalue weighted by atomic mass is 9.87. The topological polar surface area (TPSA) is 41.1 Å². The number of hydrogen-bond acceptors (Lipinski definition) is 5. The summed E-state index contributed by atoms with van der Waals surface area (Å²) in [7, 11) is 4.00. The van der Waals surface area contributed by atoms with E-state index in [0.29, 0.717) is 6.04 Å². The molecule has 1 atom stereocenters. The van der Waals surface area contributed by atoms with E-state index in [1.54, 1.807) is 11.3 Å². The summed E-state index contributed by atoms with van der Waals surface area (Å²) in [6.45, 7) is 9.88. The van der Waals surface area contributed by atoms with Gasteiger partial charge in [0.05, 0.1) is 6.54 Å². The predicted octanol–water partition coefficient (Wildman–Crippen LogP) is 2.45. The van der Waals surface area contributed by atoms with E-state index >= 15 is 0 Å². The van der Waals surface area contributed by atoms with Crippen LogP contribution in [-0.4, -0.2) is 35.2 Å². The number of hydrogen-bond donors (Lipinski definition) is 1. The SMILES string of the molecule is CNc1nnc(CN(C)C(C)C(C)(C)C)s1. The van der Waals surface area contributed by atoms with Crippen molar-refractivity contribution >= 4 is 16.5 Å². The molecular formula is C11H22N4S. The minimum Gasteiger partial charge on any atom is -0.363 e. The summed E-state index contributed by atoms with van der Waals surface area (Å²) in [5.74, 6) is 0. The molecule has 0 aliphatic carbocycles. The second kappa shape index (κ2) is 5.10. The molecule has 16 heavy (non-hydrogen) atoms. The number of anilines is 1. The van der Waals surface area contributed by atoms with Gasteiger partial charge in [-0.25, -0.2) is 0 Å². The van der Waals surface area contributed by atoms with E-state index in [4.69, 9.17) is 0 Å². The minimum atomic E-state index is 0.283. The third-order valence-electron chi connectivity index (χ3n) is 2.98. The maximum atomic E-state index is 4.16. The Morgan fingerprint density at radius 2 is 2.00 bits per heavy atom. The number of nitrogens with zero attached hydrogens (tertiary/aromatic N) is 3. The highest BCUT2D eigenvalue weighted by atomic mass is 32.1. The van der Waals surface area contributed by atoms with Gasteiger partial charge in [0.15, 0.2) is 0 Å². The maximum absolute atomic E-state index is 4.16. The van der Waals surface area contributed by atoms with Crippen molar-refractivity contribution in [3.8, 4) is 0 Å². The first-order chi connectivity index (χ1) is 7.34. The molecule has 0 saturated heterocycles. The molecule has 0 bridgehead atoms. The zero-order valence-corrected chi connectivity index (χ0v) is 11.9. The Kier molecular flexibility index (Phi) is 4.27. The van der Waals surface area contributed by atoms with E-state index in [-0.39, 0.29) is 5.41 Å². The molecule has 1 unspecified atom stereocenters. The summed E-state index contributed by atoms with van der Waals surface area (Å²) in [5, 5.41) is 13.1. The summed E-state index contributed by atoms with van der Waals surface area (Å²) < 4.78 is 0. The van der Waals surface area contributed by atoms with Crippen molar-refractivity contribution < 1.29 is 0 Å². The molecule has 4 nitrogen and oxygen atoms in total. The van der Waals surface area contributed by atoms with E-state index < -0.39 is 0 Å². The standard InChI is InChI=1S/C11H22N4S/c1-8(11(2,3)4)15(6)7-9-13-14-10(12-5)16-9/h8H,7H2,1-6H3,(H,12,14). The van der Waals surface area contributed by atoms with Gasteiger partial charge in [0.2, 0.25) is 5.13 Å². The molecule has 1 aromatic heterocycles. The number of aromatic nitrogens is 2. The molecule has 0 saturated carbocycles. The summed E-state index contributed by atoms with van der Waals surface area (Å²) in [4.78, 5) is 2.32. The summed E-state index contributed by atoms with van der Waals surface area (Å²) in [6, 6.07) is 0.509. The van der Waals surface area contributed by atoms with Crippen molar-refractivity contribution in [1.82, 2.24) is 15.1 Å². The molecule has 0 amide bonds. The fourth-order valence-electron chi connectivity index (χ4n) is 1.43. The smallest absolute Gasteiger partial charge is 0.205 e. The molecule has 1 N–H and O–H groups in total. The molecule has 1 rings (SSSR count). The normalized spacial score (nSPS) is 14.2. The van der Waals surface area contributed by atoms with Crippen LogP contribution in [0.3, 0.4) is 0 Å². The Morgan fingerprint density at radius 3 is 2.44 bits per heavy atom. The lowest BCUT2D eigenvalue weighted by molar-refractivity contribution is 0.134. The molecule has 92 valence electrons. The predicted molar refractivity (Wildman–Crippen MR) is 69.8 cm³/mol. The summed E-state index contributed by atoms with van der Waals surface area (Å²) in [5.41, 5.74) is 0.283. The highest BCUT2D eigenvalue weighted by Gasteiger charge is 2.24. The number of nitrogens with one attached hydrogen (secondary N) is 1. The van der Waals surface area contributed by atoms with Crippen molar-refractivity contribution in [1.29, 1.82) is 0 Å². The monoisotopic (exact) mass is 242 g/mol. The van der Waals surface area contributed by atoms with Gasteiger partial charge in [-0.05, 0) is 19.4 Å². The maximum Gasteiger partial charge on any atom is 0.205 e.